The van der Waals surface area contributed by atoms with E-state index in [0.717, 1.165) is 54.8 Å². The molecule has 1 aliphatic rings. The predicted octanol–water partition coefficient (Wildman–Crippen LogP) is 9.48. The van der Waals surface area contributed by atoms with Gasteiger partial charge in [-0.15, -0.1) is 22.7 Å². The molecule has 0 aliphatic carbocycles. The van der Waals surface area contributed by atoms with Gasteiger partial charge in [0.25, 0.3) is 0 Å². The summed E-state index contributed by atoms with van der Waals surface area (Å²) in [5.41, 5.74) is 6.68. The number of hydrogen-bond acceptors (Lipinski definition) is 6. The Kier molecular flexibility index (Phi) is 6.21. The summed E-state index contributed by atoms with van der Waals surface area (Å²) >= 11 is 3.50. The summed E-state index contributed by atoms with van der Waals surface area (Å²) in [5.74, 6) is 0. The maximum Gasteiger partial charge on any atom is 0.121 e. The summed E-state index contributed by atoms with van der Waals surface area (Å²) < 4.78 is 1.24. The number of rotatable bonds is 5. The van der Waals surface area contributed by atoms with Gasteiger partial charge in [-0.25, -0.2) is 4.99 Å². The summed E-state index contributed by atoms with van der Waals surface area (Å²) in [7, 11) is 0. The second-order valence-electron chi connectivity index (χ2n) is 10.1. The normalized spacial score (nSPS) is 15.4. The van der Waals surface area contributed by atoms with Crippen molar-refractivity contribution in [1.82, 2.24) is 9.97 Å². The molecule has 4 nitrogen and oxygen atoms in total. The van der Waals surface area contributed by atoms with Gasteiger partial charge in [-0.2, -0.15) is 0 Å². The minimum Gasteiger partial charge on any atom is -0.324 e. The number of nitrogens with zero attached hydrogens (tertiary/aromatic N) is 4. The first kappa shape index (κ1) is 24.9. The number of para-hydroxylation sites is 2. The Hall–Kier alpha value is -4.91. The Morgan fingerprint density at radius 1 is 0.667 bits per heavy atom. The van der Waals surface area contributed by atoms with Crippen LogP contribution in [0.1, 0.15) is 27.2 Å². The molecule has 0 radical (unpaired) electrons. The molecule has 42 heavy (non-hydrogen) atoms. The summed E-state index contributed by atoms with van der Waals surface area (Å²) in [6, 6.07) is 44.0. The van der Waals surface area contributed by atoms with Crippen LogP contribution in [0.25, 0.3) is 32.4 Å². The van der Waals surface area contributed by atoms with Gasteiger partial charge in [0.15, 0.2) is 0 Å². The average molecular weight is 577 g/mol. The van der Waals surface area contributed by atoms with Crippen molar-refractivity contribution in [1.29, 1.82) is 0 Å². The van der Waals surface area contributed by atoms with Gasteiger partial charge in [0, 0.05) is 22.0 Å². The molecule has 3 aromatic carbocycles. The third-order valence-electron chi connectivity index (χ3n) is 7.49. The van der Waals surface area contributed by atoms with Crippen molar-refractivity contribution in [2.24, 2.45) is 4.99 Å². The number of pyridine rings is 2. The van der Waals surface area contributed by atoms with Crippen LogP contribution in [-0.2, 0) is 0 Å². The van der Waals surface area contributed by atoms with Crippen molar-refractivity contribution in [2.45, 2.75) is 6.04 Å². The highest BCUT2D eigenvalue weighted by atomic mass is 32.1. The van der Waals surface area contributed by atoms with E-state index in [0.29, 0.717) is 0 Å². The number of anilines is 1. The van der Waals surface area contributed by atoms with Crippen LogP contribution in [0.4, 0.5) is 5.69 Å². The smallest absolute Gasteiger partial charge is 0.121 e. The molecule has 0 N–H and O–H groups in total. The molecule has 5 heterocycles. The molecule has 0 fully saturated rings. The monoisotopic (exact) mass is 576 g/mol. The lowest BCUT2D eigenvalue weighted by Gasteiger charge is -2.39. The van der Waals surface area contributed by atoms with Crippen molar-refractivity contribution in [2.75, 3.05) is 4.90 Å². The summed E-state index contributed by atoms with van der Waals surface area (Å²) in [4.78, 5) is 20.3. The molecule has 0 saturated carbocycles. The van der Waals surface area contributed by atoms with Gasteiger partial charge < -0.3 is 4.90 Å². The minimum atomic E-state index is -0.304. The second kappa shape index (κ2) is 10.5. The molecule has 8 rings (SSSR count). The van der Waals surface area contributed by atoms with Gasteiger partial charge in [-0.1, -0.05) is 72.8 Å². The standard InChI is InChI=1S/C36H24N4S2/c1-2-13-26(14-3-1)40-35(29-20-19-24-11-4-6-15-27(24)38-29)33(28-16-8-9-21-37-28)39-34(36(40)31-18-10-22-41-31)32-23-25-12-5-7-17-30(25)42-32/h1-23,35H. The quantitative estimate of drug-likeness (QED) is 0.205. The van der Waals surface area contributed by atoms with Crippen molar-refractivity contribution < 1.29 is 0 Å². The number of fused-ring (bicyclic) bond motifs is 2. The fourth-order valence-corrected chi connectivity index (χ4v) is 7.42. The second-order valence-corrected chi connectivity index (χ2v) is 12.1. The fraction of sp³-hybridized carbons (Fsp3) is 0.0278. The van der Waals surface area contributed by atoms with Crippen molar-refractivity contribution in [3.63, 3.8) is 0 Å². The first-order valence-electron chi connectivity index (χ1n) is 13.8. The topological polar surface area (TPSA) is 41.4 Å². The zero-order valence-corrected chi connectivity index (χ0v) is 24.1. The number of aromatic nitrogens is 2. The lowest BCUT2D eigenvalue weighted by molar-refractivity contribution is 0.853. The molecule has 0 saturated heterocycles. The van der Waals surface area contributed by atoms with Crippen molar-refractivity contribution >= 4 is 66.5 Å². The van der Waals surface area contributed by atoms with Gasteiger partial charge in [0.05, 0.1) is 38.1 Å². The number of thiophene rings is 2. The van der Waals surface area contributed by atoms with E-state index < -0.39 is 0 Å². The lowest BCUT2D eigenvalue weighted by atomic mass is 9.95. The summed E-state index contributed by atoms with van der Waals surface area (Å²) in [5, 5.41) is 4.46. The molecule has 1 aliphatic heterocycles. The van der Waals surface area contributed by atoms with Crippen LogP contribution in [0.5, 0.6) is 0 Å². The lowest BCUT2D eigenvalue weighted by Crippen LogP contribution is -2.37. The number of hydrogen-bond donors (Lipinski definition) is 0. The van der Waals surface area contributed by atoms with Gasteiger partial charge in [0.1, 0.15) is 11.7 Å². The molecule has 0 bridgehead atoms. The van der Waals surface area contributed by atoms with Crippen LogP contribution in [-0.4, -0.2) is 15.7 Å². The maximum absolute atomic E-state index is 5.54. The van der Waals surface area contributed by atoms with Crippen molar-refractivity contribution in [3.8, 4) is 0 Å². The van der Waals surface area contributed by atoms with Crippen LogP contribution in [0, 0.1) is 0 Å². The van der Waals surface area contributed by atoms with E-state index in [9.17, 15) is 0 Å². The zero-order valence-electron chi connectivity index (χ0n) is 22.5. The number of benzene rings is 3. The molecule has 0 spiro atoms. The third kappa shape index (κ3) is 4.33. The molecule has 1 unspecified atom stereocenters. The Bertz CT molecular complexity index is 2060. The van der Waals surface area contributed by atoms with E-state index in [2.05, 4.69) is 119 Å². The van der Waals surface area contributed by atoms with Crippen LogP contribution >= 0.6 is 22.7 Å². The van der Waals surface area contributed by atoms with E-state index in [1.807, 2.05) is 24.4 Å². The predicted molar refractivity (Wildman–Crippen MR) is 177 cm³/mol. The zero-order chi connectivity index (χ0) is 27.9. The molecular formula is C36H24N4S2. The van der Waals surface area contributed by atoms with E-state index in [1.165, 1.54) is 10.1 Å². The van der Waals surface area contributed by atoms with Gasteiger partial charge >= 0.3 is 0 Å². The molecule has 7 aromatic rings. The Morgan fingerprint density at radius 3 is 2.29 bits per heavy atom. The van der Waals surface area contributed by atoms with Gasteiger partial charge in [0.2, 0.25) is 0 Å². The maximum atomic E-state index is 5.54. The highest BCUT2D eigenvalue weighted by Gasteiger charge is 2.38. The third-order valence-corrected chi connectivity index (χ3v) is 9.49. The average Bonchev–Trinajstić information content (AvgIpc) is 3.75. The largest absolute Gasteiger partial charge is 0.324 e. The fourth-order valence-electron chi connectivity index (χ4n) is 5.60. The molecule has 0 amide bonds. The first-order chi connectivity index (χ1) is 20.8. The van der Waals surface area contributed by atoms with Gasteiger partial charge in [-0.05, 0) is 65.4 Å². The Labute approximate surface area is 251 Å². The SMILES string of the molecule is c1ccc(N2C(c3cccs3)=C(c3cc4ccccc4s3)N=C(c3ccccn3)C2c2ccc3ccccc3n2)cc1. The molecular weight excluding hydrogens is 553 g/mol. The molecule has 6 heteroatoms. The van der Waals surface area contributed by atoms with E-state index in [4.69, 9.17) is 15.0 Å². The molecule has 1 atom stereocenters. The molecule has 200 valence electrons. The van der Waals surface area contributed by atoms with Crippen molar-refractivity contribution in [3.05, 3.63) is 160 Å². The van der Waals surface area contributed by atoms with Gasteiger partial charge in [-0.3, -0.25) is 9.97 Å². The van der Waals surface area contributed by atoms with Crippen LogP contribution in [0.3, 0.4) is 0 Å². The van der Waals surface area contributed by atoms with E-state index in [-0.39, 0.29) is 6.04 Å². The van der Waals surface area contributed by atoms with E-state index in [1.54, 1.807) is 22.7 Å². The number of aliphatic imine (C=N–C) groups is 1. The van der Waals surface area contributed by atoms with Crippen LogP contribution < -0.4 is 4.90 Å². The summed E-state index contributed by atoms with van der Waals surface area (Å²) in [6.45, 7) is 0. The first-order valence-corrected chi connectivity index (χ1v) is 15.5. The Morgan fingerprint density at radius 2 is 1.48 bits per heavy atom. The van der Waals surface area contributed by atoms with Crippen LogP contribution in [0.2, 0.25) is 0 Å². The van der Waals surface area contributed by atoms with Crippen LogP contribution in [0.15, 0.2) is 144 Å². The molecule has 4 aromatic heterocycles. The Balaban J connectivity index is 1.47. The minimum absolute atomic E-state index is 0.304. The summed E-state index contributed by atoms with van der Waals surface area (Å²) in [6.07, 6.45) is 1.84. The highest BCUT2D eigenvalue weighted by molar-refractivity contribution is 7.20. The highest BCUT2D eigenvalue weighted by Crippen LogP contribution is 2.47. The van der Waals surface area contributed by atoms with E-state index >= 15 is 0 Å².